The minimum absolute atomic E-state index is 0.513. The van der Waals surface area contributed by atoms with E-state index in [1.54, 1.807) is 11.3 Å². The molecule has 0 saturated heterocycles. The molecule has 0 aliphatic heterocycles. The summed E-state index contributed by atoms with van der Waals surface area (Å²) in [4.78, 5) is 5.52. The molecule has 3 N–H and O–H groups in total. The first kappa shape index (κ1) is 12.6. The maximum Gasteiger partial charge on any atom is 0.188 e. The van der Waals surface area contributed by atoms with Gasteiger partial charge in [-0.15, -0.1) is 11.3 Å². The largest absolute Gasteiger partial charge is 0.370 e. The molecule has 1 aromatic carbocycles. The number of benzene rings is 1. The molecule has 0 unspecified atom stereocenters. The summed E-state index contributed by atoms with van der Waals surface area (Å²) in [7, 11) is 0. The van der Waals surface area contributed by atoms with Crippen LogP contribution in [0.1, 0.15) is 10.4 Å². The van der Waals surface area contributed by atoms with Crippen molar-refractivity contribution in [3.8, 4) is 0 Å². The first-order valence-electron chi connectivity index (χ1n) is 5.95. The summed E-state index contributed by atoms with van der Waals surface area (Å²) in [6.45, 7) is 1.46. The summed E-state index contributed by atoms with van der Waals surface area (Å²) >= 11 is 1.70. The molecule has 2 rings (SSSR count). The van der Waals surface area contributed by atoms with E-state index < -0.39 is 0 Å². The highest BCUT2D eigenvalue weighted by molar-refractivity contribution is 7.09. The number of guanidine groups is 1. The molecule has 0 saturated carbocycles. The normalized spacial score (nSPS) is 11.4. The fourth-order valence-electron chi connectivity index (χ4n) is 1.60. The molecule has 4 heteroatoms. The molecule has 0 amide bonds. The summed E-state index contributed by atoms with van der Waals surface area (Å²) in [5.74, 6) is 0.513. The van der Waals surface area contributed by atoms with E-state index in [0.29, 0.717) is 12.5 Å². The van der Waals surface area contributed by atoms with Crippen LogP contribution < -0.4 is 11.1 Å². The number of nitrogens with one attached hydrogen (secondary N) is 1. The van der Waals surface area contributed by atoms with Gasteiger partial charge in [-0.2, -0.15) is 0 Å². The first-order valence-corrected chi connectivity index (χ1v) is 6.82. The molecular weight excluding hydrogens is 242 g/mol. The van der Waals surface area contributed by atoms with Crippen LogP contribution in [0.15, 0.2) is 52.8 Å². The summed E-state index contributed by atoms with van der Waals surface area (Å²) in [6, 6.07) is 14.4. The highest BCUT2D eigenvalue weighted by atomic mass is 32.1. The van der Waals surface area contributed by atoms with E-state index in [4.69, 9.17) is 5.73 Å². The number of nitrogens with zero attached hydrogens (tertiary/aromatic N) is 1. The number of nitrogens with two attached hydrogens (primary N) is 1. The van der Waals surface area contributed by atoms with Crippen LogP contribution in [0, 0.1) is 0 Å². The topological polar surface area (TPSA) is 50.4 Å². The predicted molar refractivity (Wildman–Crippen MR) is 77.8 cm³/mol. The molecule has 0 fully saturated rings. The molecule has 3 nitrogen and oxygen atoms in total. The van der Waals surface area contributed by atoms with Crippen molar-refractivity contribution in [2.75, 3.05) is 6.54 Å². The Balaban J connectivity index is 1.71. The minimum atomic E-state index is 0.513. The van der Waals surface area contributed by atoms with Crippen LogP contribution in [0.25, 0.3) is 0 Å². The lowest BCUT2D eigenvalue weighted by atomic mass is 10.1. The Bertz CT molecular complexity index is 477. The van der Waals surface area contributed by atoms with Gasteiger partial charge < -0.3 is 11.1 Å². The van der Waals surface area contributed by atoms with Gasteiger partial charge in [-0.25, -0.2) is 4.99 Å². The van der Waals surface area contributed by atoms with Crippen LogP contribution >= 0.6 is 11.3 Å². The third kappa shape index (κ3) is 4.22. The second-order valence-electron chi connectivity index (χ2n) is 3.94. The lowest BCUT2D eigenvalue weighted by molar-refractivity contribution is 0.849. The third-order valence-corrected chi connectivity index (χ3v) is 3.41. The standard InChI is InChI=1S/C14H17N3S/c15-14(17-11-13-7-4-10-18-13)16-9-8-12-5-2-1-3-6-12/h1-7,10H,8-9,11H2,(H3,15,16,17). The third-order valence-electron chi connectivity index (χ3n) is 2.55. The van der Waals surface area contributed by atoms with Crippen LogP contribution in [0.2, 0.25) is 0 Å². The molecule has 0 bridgehead atoms. The lowest BCUT2D eigenvalue weighted by Gasteiger charge is -2.05. The zero-order valence-electron chi connectivity index (χ0n) is 10.2. The second-order valence-corrected chi connectivity index (χ2v) is 4.98. The highest BCUT2D eigenvalue weighted by Crippen LogP contribution is 2.08. The quantitative estimate of drug-likeness (QED) is 0.640. The number of aliphatic imine (C=N–C) groups is 1. The van der Waals surface area contributed by atoms with Crippen LogP contribution in [0.4, 0.5) is 0 Å². The SMILES string of the molecule is NC(=NCc1cccs1)NCCc1ccccc1. The van der Waals surface area contributed by atoms with Crippen LogP contribution in [0.5, 0.6) is 0 Å². The van der Waals surface area contributed by atoms with Gasteiger partial charge >= 0.3 is 0 Å². The number of hydrogen-bond donors (Lipinski definition) is 2. The summed E-state index contributed by atoms with van der Waals surface area (Å²) in [5, 5.41) is 5.17. The van der Waals surface area contributed by atoms with E-state index in [9.17, 15) is 0 Å². The van der Waals surface area contributed by atoms with Crippen LogP contribution in [-0.2, 0) is 13.0 Å². The van der Waals surface area contributed by atoms with Crippen LogP contribution in [-0.4, -0.2) is 12.5 Å². The van der Waals surface area contributed by atoms with Crippen molar-refractivity contribution in [3.63, 3.8) is 0 Å². The van der Waals surface area contributed by atoms with Crippen molar-refractivity contribution in [3.05, 3.63) is 58.3 Å². The Morgan fingerprint density at radius 1 is 1.17 bits per heavy atom. The van der Waals surface area contributed by atoms with Gasteiger partial charge in [0, 0.05) is 11.4 Å². The zero-order chi connectivity index (χ0) is 12.6. The number of hydrogen-bond acceptors (Lipinski definition) is 2. The van der Waals surface area contributed by atoms with Crippen molar-refractivity contribution in [1.82, 2.24) is 5.32 Å². The smallest absolute Gasteiger partial charge is 0.188 e. The average molecular weight is 259 g/mol. The average Bonchev–Trinajstić information content (AvgIpc) is 2.91. The monoisotopic (exact) mass is 259 g/mol. The van der Waals surface area contributed by atoms with Gasteiger partial charge in [-0.05, 0) is 23.4 Å². The summed E-state index contributed by atoms with van der Waals surface area (Å²) in [6.07, 6.45) is 0.954. The molecular formula is C14H17N3S. The van der Waals surface area contributed by atoms with Gasteiger partial charge in [0.15, 0.2) is 5.96 Å². The molecule has 0 radical (unpaired) electrons. The molecule has 18 heavy (non-hydrogen) atoms. The fraction of sp³-hybridized carbons (Fsp3) is 0.214. The molecule has 0 aliphatic rings. The highest BCUT2D eigenvalue weighted by Gasteiger charge is 1.95. The van der Waals surface area contributed by atoms with Gasteiger partial charge in [-0.3, -0.25) is 0 Å². The Hall–Kier alpha value is -1.81. The van der Waals surface area contributed by atoms with Gasteiger partial charge in [0.25, 0.3) is 0 Å². The van der Waals surface area contributed by atoms with Crippen molar-refractivity contribution >= 4 is 17.3 Å². The Kier molecular flexibility index (Phi) is 4.78. The van der Waals surface area contributed by atoms with Crippen molar-refractivity contribution in [1.29, 1.82) is 0 Å². The summed E-state index contributed by atoms with van der Waals surface area (Å²) in [5.41, 5.74) is 7.10. The predicted octanol–water partition coefficient (Wildman–Crippen LogP) is 2.40. The first-order chi connectivity index (χ1) is 8.84. The van der Waals surface area contributed by atoms with E-state index in [1.165, 1.54) is 10.4 Å². The molecule has 0 spiro atoms. The number of thiophene rings is 1. The van der Waals surface area contributed by atoms with E-state index in [1.807, 2.05) is 29.6 Å². The summed E-state index contributed by atoms with van der Waals surface area (Å²) < 4.78 is 0. The zero-order valence-corrected chi connectivity index (χ0v) is 11.0. The van der Waals surface area contributed by atoms with Gasteiger partial charge in [0.1, 0.15) is 0 Å². The second kappa shape index (κ2) is 6.81. The lowest BCUT2D eigenvalue weighted by Crippen LogP contribution is -2.33. The van der Waals surface area contributed by atoms with E-state index in [-0.39, 0.29) is 0 Å². The van der Waals surface area contributed by atoms with Crippen molar-refractivity contribution < 1.29 is 0 Å². The molecule has 2 aromatic rings. The Morgan fingerprint density at radius 3 is 2.72 bits per heavy atom. The Morgan fingerprint density at radius 2 is 2.00 bits per heavy atom. The molecule has 1 heterocycles. The molecule has 0 atom stereocenters. The maximum atomic E-state index is 5.80. The molecule has 94 valence electrons. The van der Waals surface area contributed by atoms with Crippen LogP contribution in [0.3, 0.4) is 0 Å². The maximum absolute atomic E-state index is 5.80. The van der Waals surface area contributed by atoms with Gasteiger partial charge in [0.05, 0.1) is 6.54 Å². The Labute approximate surface area is 111 Å². The number of rotatable bonds is 5. The molecule has 0 aliphatic carbocycles. The van der Waals surface area contributed by atoms with E-state index >= 15 is 0 Å². The van der Waals surface area contributed by atoms with Gasteiger partial charge in [0.2, 0.25) is 0 Å². The van der Waals surface area contributed by atoms with Gasteiger partial charge in [-0.1, -0.05) is 36.4 Å². The van der Waals surface area contributed by atoms with E-state index in [2.05, 4.69) is 28.5 Å². The minimum Gasteiger partial charge on any atom is -0.370 e. The van der Waals surface area contributed by atoms with Crippen molar-refractivity contribution in [2.24, 2.45) is 10.7 Å². The fourth-order valence-corrected chi connectivity index (χ4v) is 2.23. The van der Waals surface area contributed by atoms with E-state index in [0.717, 1.165) is 13.0 Å². The van der Waals surface area contributed by atoms with Crippen molar-refractivity contribution in [2.45, 2.75) is 13.0 Å². The molecule has 1 aromatic heterocycles.